The first-order valence-electron chi connectivity index (χ1n) is 8.71. The van der Waals surface area contributed by atoms with Gasteiger partial charge >= 0.3 is 5.97 Å². The summed E-state index contributed by atoms with van der Waals surface area (Å²) in [5.41, 5.74) is -0.0738. The van der Waals surface area contributed by atoms with Crippen LogP contribution in [-0.4, -0.2) is 59.6 Å². The Balaban J connectivity index is 2.07. The van der Waals surface area contributed by atoms with Crippen LogP contribution in [0.3, 0.4) is 0 Å². The molecule has 1 heterocycles. The van der Waals surface area contributed by atoms with E-state index in [0.717, 1.165) is 44.9 Å². The first-order valence-corrected chi connectivity index (χ1v) is 8.71. The number of hydrogen-bond donors (Lipinski definition) is 1. The van der Waals surface area contributed by atoms with E-state index in [9.17, 15) is 9.90 Å². The molecule has 0 spiro atoms. The highest BCUT2D eigenvalue weighted by Gasteiger charge is 2.41. The zero-order chi connectivity index (χ0) is 15.3. The van der Waals surface area contributed by atoms with Crippen LogP contribution in [0, 0.1) is 5.92 Å². The fourth-order valence-electron chi connectivity index (χ4n) is 4.33. The molecule has 2 unspecified atom stereocenters. The molecule has 0 aromatic carbocycles. The first-order chi connectivity index (χ1) is 10.1. The summed E-state index contributed by atoms with van der Waals surface area (Å²) in [7, 11) is 2.16. The number of piperazine rings is 1. The molecule has 1 aliphatic heterocycles. The second-order valence-corrected chi connectivity index (χ2v) is 7.17. The summed E-state index contributed by atoms with van der Waals surface area (Å²) in [6, 6.07) is 0. The second kappa shape index (κ2) is 7.59. The van der Waals surface area contributed by atoms with Crippen molar-refractivity contribution in [1.82, 2.24) is 9.80 Å². The maximum atomic E-state index is 11.5. The van der Waals surface area contributed by atoms with E-state index >= 15 is 0 Å². The van der Waals surface area contributed by atoms with E-state index in [1.165, 1.54) is 32.1 Å². The van der Waals surface area contributed by atoms with Crippen LogP contribution in [0.15, 0.2) is 0 Å². The Hall–Kier alpha value is -0.610. The summed E-state index contributed by atoms with van der Waals surface area (Å²) < 4.78 is 0. The minimum atomic E-state index is -0.622. The van der Waals surface area contributed by atoms with Crippen molar-refractivity contribution in [1.29, 1.82) is 0 Å². The van der Waals surface area contributed by atoms with Crippen LogP contribution in [0.1, 0.15) is 58.3 Å². The minimum Gasteiger partial charge on any atom is -0.481 e. The van der Waals surface area contributed by atoms with Gasteiger partial charge in [-0.25, -0.2) is 0 Å². The van der Waals surface area contributed by atoms with E-state index in [0.29, 0.717) is 6.42 Å². The number of carboxylic acids is 1. The molecule has 0 amide bonds. The van der Waals surface area contributed by atoms with Crippen molar-refractivity contribution >= 4 is 5.97 Å². The molecule has 21 heavy (non-hydrogen) atoms. The molecule has 0 bridgehead atoms. The van der Waals surface area contributed by atoms with Crippen molar-refractivity contribution in [3.8, 4) is 0 Å². The summed E-state index contributed by atoms with van der Waals surface area (Å²) in [5.74, 6) is 0.195. The van der Waals surface area contributed by atoms with Gasteiger partial charge in [0.15, 0.2) is 0 Å². The molecule has 1 saturated carbocycles. The number of likely N-dealkylation sites (N-methyl/N-ethyl adjacent to an activating group) is 1. The van der Waals surface area contributed by atoms with Crippen LogP contribution in [0.25, 0.3) is 0 Å². The van der Waals surface area contributed by atoms with Crippen LogP contribution < -0.4 is 0 Å². The third kappa shape index (κ3) is 4.43. The van der Waals surface area contributed by atoms with Crippen molar-refractivity contribution in [2.75, 3.05) is 33.2 Å². The smallest absolute Gasteiger partial charge is 0.305 e. The zero-order valence-electron chi connectivity index (χ0n) is 13.8. The summed E-state index contributed by atoms with van der Waals surface area (Å²) in [4.78, 5) is 16.3. The third-order valence-electron chi connectivity index (χ3n) is 5.62. The lowest BCUT2D eigenvalue weighted by Gasteiger charge is -2.46. The van der Waals surface area contributed by atoms with Crippen LogP contribution in [0.5, 0.6) is 0 Å². The molecule has 4 heteroatoms. The van der Waals surface area contributed by atoms with Gasteiger partial charge in [-0.3, -0.25) is 9.69 Å². The monoisotopic (exact) mass is 296 g/mol. The topological polar surface area (TPSA) is 43.8 Å². The second-order valence-electron chi connectivity index (χ2n) is 7.17. The van der Waals surface area contributed by atoms with Gasteiger partial charge < -0.3 is 10.0 Å². The minimum absolute atomic E-state index is 0.0738. The lowest BCUT2D eigenvalue weighted by atomic mass is 9.83. The molecular weight excluding hydrogens is 264 g/mol. The van der Waals surface area contributed by atoms with Gasteiger partial charge in [-0.1, -0.05) is 32.6 Å². The van der Waals surface area contributed by atoms with Gasteiger partial charge in [0, 0.05) is 31.7 Å². The van der Waals surface area contributed by atoms with Crippen molar-refractivity contribution in [3.05, 3.63) is 0 Å². The van der Waals surface area contributed by atoms with Crippen LogP contribution in [-0.2, 0) is 4.79 Å². The fraction of sp³-hybridized carbons (Fsp3) is 0.941. The Kier molecular flexibility index (Phi) is 6.06. The fourth-order valence-corrected chi connectivity index (χ4v) is 4.33. The van der Waals surface area contributed by atoms with Crippen LogP contribution >= 0.6 is 0 Å². The summed E-state index contributed by atoms with van der Waals surface area (Å²) >= 11 is 0. The molecule has 122 valence electrons. The highest BCUT2D eigenvalue weighted by Crippen LogP contribution is 2.39. The Bertz CT molecular complexity index is 340. The van der Waals surface area contributed by atoms with Crippen molar-refractivity contribution in [2.45, 2.75) is 63.8 Å². The van der Waals surface area contributed by atoms with E-state index in [1.807, 2.05) is 0 Å². The lowest BCUT2D eigenvalue weighted by Crippen LogP contribution is -2.57. The molecule has 2 rings (SSSR count). The van der Waals surface area contributed by atoms with E-state index in [2.05, 4.69) is 23.8 Å². The van der Waals surface area contributed by atoms with Gasteiger partial charge in [-0.05, 0) is 32.2 Å². The van der Waals surface area contributed by atoms with E-state index in [4.69, 9.17) is 0 Å². The predicted octanol–water partition coefficient (Wildman–Crippen LogP) is 2.83. The molecule has 0 aromatic rings. The SMILES string of the molecule is CCCC1CCCC(CC(=O)O)(N2CCN(C)CC2)CC1. The summed E-state index contributed by atoms with van der Waals surface area (Å²) in [6.45, 7) is 6.46. The third-order valence-corrected chi connectivity index (χ3v) is 5.62. The molecule has 2 atom stereocenters. The molecule has 4 nitrogen and oxygen atoms in total. The standard InChI is InChI=1S/C17H32N2O2/c1-3-5-15-6-4-8-17(9-7-15,14-16(20)21)19-12-10-18(2)11-13-19/h15H,3-14H2,1-2H3,(H,20,21). The number of hydrogen-bond acceptors (Lipinski definition) is 3. The average Bonchev–Trinajstić information content (AvgIpc) is 2.63. The molecule has 0 aromatic heterocycles. The maximum absolute atomic E-state index is 11.5. The molecule has 2 aliphatic rings. The number of carboxylic acid groups (broad SMARTS) is 1. The highest BCUT2D eigenvalue weighted by molar-refractivity contribution is 5.68. The van der Waals surface area contributed by atoms with Crippen molar-refractivity contribution < 1.29 is 9.90 Å². The lowest BCUT2D eigenvalue weighted by molar-refractivity contribution is -0.141. The molecule has 1 N–H and O–H groups in total. The van der Waals surface area contributed by atoms with Gasteiger partial charge in [0.2, 0.25) is 0 Å². The first kappa shape index (κ1) is 16.8. The van der Waals surface area contributed by atoms with Gasteiger partial charge in [0.25, 0.3) is 0 Å². The summed E-state index contributed by atoms with van der Waals surface area (Å²) in [5, 5.41) is 9.44. The number of nitrogens with zero attached hydrogens (tertiary/aromatic N) is 2. The van der Waals surface area contributed by atoms with E-state index in [1.54, 1.807) is 0 Å². The summed E-state index contributed by atoms with van der Waals surface area (Å²) in [6.07, 6.45) is 8.75. The Labute approximate surface area is 129 Å². The van der Waals surface area contributed by atoms with Crippen LogP contribution in [0.2, 0.25) is 0 Å². The van der Waals surface area contributed by atoms with Gasteiger partial charge in [-0.2, -0.15) is 0 Å². The molecule has 0 radical (unpaired) electrons. The normalized spacial score (nSPS) is 32.8. The molecule has 2 fully saturated rings. The Morgan fingerprint density at radius 2 is 1.90 bits per heavy atom. The Morgan fingerprint density at radius 1 is 1.19 bits per heavy atom. The quantitative estimate of drug-likeness (QED) is 0.792. The number of rotatable bonds is 5. The molecule has 1 aliphatic carbocycles. The van der Waals surface area contributed by atoms with Gasteiger partial charge in [0.1, 0.15) is 0 Å². The Morgan fingerprint density at radius 3 is 2.52 bits per heavy atom. The largest absolute Gasteiger partial charge is 0.481 e. The maximum Gasteiger partial charge on any atom is 0.305 e. The zero-order valence-corrected chi connectivity index (χ0v) is 13.8. The van der Waals surface area contributed by atoms with Crippen molar-refractivity contribution in [3.63, 3.8) is 0 Å². The van der Waals surface area contributed by atoms with E-state index in [-0.39, 0.29) is 5.54 Å². The molecule has 1 saturated heterocycles. The average molecular weight is 296 g/mol. The van der Waals surface area contributed by atoms with Gasteiger partial charge in [-0.15, -0.1) is 0 Å². The number of aliphatic carboxylic acids is 1. The number of carbonyl (C=O) groups is 1. The predicted molar refractivity (Wildman–Crippen MR) is 85.5 cm³/mol. The molecular formula is C17H32N2O2. The highest BCUT2D eigenvalue weighted by atomic mass is 16.4. The van der Waals surface area contributed by atoms with Crippen LogP contribution in [0.4, 0.5) is 0 Å². The van der Waals surface area contributed by atoms with Crippen molar-refractivity contribution in [2.24, 2.45) is 5.92 Å². The van der Waals surface area contributed by atoms with E-state index < -0.39 is 5.97 Å². The van der Waals surface area contributed by atoms with Gasteiger partial charge in [0.05, 0.1) is 6.42 Å².